The Kier molecular flexibility index (Phi) is 8.18. The zero-order chi connectivity index (χ0) is 24.1. The first-order chi connectivity index (χ1) is 16.5. The Hall–Kier alpha value is -2.49. The smallest absolute Gasteiger partial charge is 0.507 e. The zero-order valence-corrected chi connectivity index (χ0v) is 21.1. The molecule has 34 heavy (non-hydrogen) atoms. The third-order valence-electron chi connectivity index (χ3n) is 7.62. The van der Waals surface area contributed by atoms with Crippen molar-refractivity contribution >= 4 is 6.16 Å². The monoisotopic (exact) mass is 464 g/mol. The van der Waals surface area contributed by atoms with E-state index in [0.717, 1.165) is 53.5 Å². The van der Waals surface area contributed by atoms with E-state index in [9.17, 15) is 9.90 Å². The number of aromatic hydroxyl groups is 1. The van der Waals surface area contributed by atoms with Gasteiger partial charge in [-0.25, -0.2) is 4.79 Å². The summed E-state index contributed by atoms with van der Waals surface area (Å²) in [5.41, 5.74) is 6.39. The van der Waals surface area contributed by atoms with Gasteiger partial charge in [0, 0.05) is 12.0 Å². The minimum absolute atomic E-state index is 0.280. The molecule has 2 fully saturated rings. The number of aryl methyl sites for hydroxylation is 2. The van der Waals surface area contributed by atoms with Gasteiger partial charge in [0.25, 0.3) is 0 Å². The first-order valence-corrected chi connectivity index (χ1v) is 13.3. The summed E-state index contributed by atoms with van der Waals surface area (Å²) in [7, 11) is 0. The van der Waals surface area contributed by atoms with E-state index in [4.69, 9.17) is 9.47 Å². The summed E-state index contributed by atoms with van der Waals surface area (Å²) >= 11 is 0. The number of hydrogen-bond donors (Lipinski definition) is 1. The Labute approximate surface area is 204 Å². The molecule has 0 saturated heterocycles. The van der Waals surface area contributed by atoms with E-state index in [0.29, 0.717) is 29.8 Å². The molecule has 0 radical (unpaired) electrons. The molecular formula is C30H40O4. The van der Waals surface area contributed by atoms with Crippen molar-refractivity contribution in [2.24, 2.45) is 0 Å². The SMILES string of the molecule is CCOC(=O)Oc1c(Cc2cc(C)cc(C3CCCCC3)c2O)cc(C)cc1C1CCCCC1. The molecule has 2 aliphatic carbocycles. The van der Waals surface area contributed by atoms with Crippen LogP contribution in [0.25, 0.3) is 0 Å². The van der Waals surface area contributed by atoms with Gasteiger partial charge in [0.05, 0.1) is 6.61 Å². The molecule has 0 unspecified atom stereocenters. The van der Waals surface area contributed by atoms with Crippen molar-refractivity contribution in [3.05, 3.63) is 57.6 Å². The molecule has 1 N–H and O–H groups in total. The lowest BCUT2D eigenvalue weighted by Crippen LogP contribution is -2.15. The summed E-state index contributed by atoms with van der Waals surface area (Å²) in [6, 6.07) is 8.52. The lowest BCUT2D eigenvalue weighted by atomic mass is 9.80. The van der Waals surface area contributed by atoms with E-state index < -0.39 is 6.16 Å². The van der Waals surface area contributed by atoms with E-state index in [1.807, 2.05) is 0 Å². The van der Waals surface area contributed by atoms with Crippen LogP contribution in [0.2, 0.25) is 0 Å². The van der Waals surface area contributed by atoms with Gasteiger partial charge in [-0.3, -0.25) is 0 Å². The van der Waals surface area contributed by atoms with Gasteiger partial charge in [-0.05, 0) is 75.0 Å². The molecule has 4 heteroatoms. The second kappa shape index (κ2) is 11.3. The summed E-state index contributed by atoms with van der Waals surface area (Å²) in [5.74, 6) is 1.87. The maximum Gasteiger partial charge on any atom is 0.513 e. The molecule has 2 saturated carbocycles. The fourth-order valence-corrected chi connectivity index (χ4v) is 6.03. The van der Waals surface area contributed by atoms with E-state index >= 15 is 0 Å². The number of benzene rings is 2. The van der Waals surface area contributed by atoms with Crippen LogP contribution in [0.5, 0.6) is 11.5 Å². The maximum atomic E-state index is 12.4. The predicted octanol–water partition coefficient (Wildman–Crippen LogP) is 8.23. The van der Waals surface area contributed by atoms with Gasteiger partial charge in [-0.15, -0.1) is 0 Å². The second-order valence-corrected chi connectivity index (χ2v) is 10.3. The predicted molar refractivity (Wildman–Crippen MR) is 136 cm³/mol. The highest BCUT2D eigenvalue weighted by atomic mass is 16.7. The van der Waals surface area contributed by atoms with Gasteiger partial charge in [0.2, 0.25) is 0 Å². The van der Waals surface area contributed by atoms with Crippen LogP contribution in [0.1, 0.15) is 116 Å². The standard InChI is InChI=1S/C30H40O4/c1-4-33-30(32)34-29-25(16-21(3)18-27(29)23-13-9-6-10-14-23)19-24-15-20(2)17-26(28(24)31)22-11-7-5-8-12-22/h15-18,22-23,31H,4-14,19H2,1-3H3. The molecule has 0 atom stereocenters. The Morgan fingerprint density at radius 1 is 0.824 bits per heavy atom. The van der Waals surface area contributed by atoms with Gasteiger partial charge in [-0.2, -0.15) is 0 Å². The summed E-state index contributed by atoms with van der Waals surface area (Å²) < 4.78 is 11.0. The molecule has 0 heterocycles. The van der Waals surface area contributed by atoms with Crippen LogP contribution in [0.3, 0.4) is 0 Å². The van der Waals surface area contributed by atoms with E-state index in [1.54, 1.807) is 6.92 Å². The number of phenols is 1. The second-order valence-electron chi connectivity index (χ2n) is 10.3. The highest BCUT2D eigenvalue weighted by Gasteiger charge is 2.26. The Bertz CT molecular complexity index is 997. The number of carbonyl (C=O) groups is 1. The third-order valence-corrected chi connectivity index (χ3v) is 7.62. The van der Waals surface area contributed by atoms with Gasteiger partial charge in [0.1, 0.15) is 11.5 Å². The first kappa shape index (κ1) is 24.6. The molecule has 2 aromatic carbocycles. The highest BCUT2D eigenvalue weighted by molar-refractivity contribution is 5.66. The van der Waals surface area contributed by atoms with Crippen LogP contribution in [0.15, 0.2) is 24.3 Å². The number of carbonyl (C=O) groups excluding carboxylic acids is 1. The van der Waals surface area contributed by atoms with Crippen LogP contribution >= 0.6 is 0 Å². The van der Waals surface area contributed by atoms with Crippen LogP contribution in [0.4, 0.5) is 4.79 Å². The third kappa shape index (κ3) is 5.76. The molecule has 0 bridgehead atoms. The van der Waals surface area contributed by atoms with Gasteiger partial charge < -0.3 is 14.6 Å². The van der Waals surface area contributed by atoms with Gasteiger partial charge in [0.15, 0.2) is 0 Å². The minimum atomic E-state index is -0.652. The van der Waals surface area contributed by atoms with Gasteiger partial charge >= 0.3 is 6.16 Å². The fourth-order valence-electron chi connectivity index (χ4n) is 6.03. The molecule has 4 rings (SSSR count). The van der Waals surface area contributed by atoms with Crippen molar-refractivity contribution in [1.82, 2.24) is 0 Å². The molecular weight excluding hydrogens is 424 g/mol. The molecule has 2 aliphatic rings. The number of rotatable bonds is 6. The van der Waals surface area contributed by atoms with Crippen molar-refractivity contribution in [2.45, 2.75) is 103 Å². The van der Waals surface area contributed by atoms with Crippen LogP contribution in [-0.2, 0) is 11.2 Å². The van der Waals surface area contributed by atoms with E-state index in [-0.39, 0.29) is 6.61 Å². The Morgan fingerprint density at radius 3 is 1.94 bits per heavy atom. The summed E-state index contributed by atoms with van der Waals surface area (Å²) in [4.78, 5) is 12.4. The van der Waals surface area contributed by atoms with Crippen LogP contribution in [0, 0.1) is 13.8 Å². The van der Waals surface area contributed by atoms with E-state index in [1.165, 1.54) is 44.1 Å². The summed E-state index contributed by atoms with van der Waals surface area (Å²) in [6.45, 7) is 6.28. The lowest BCUT2D eigenvalue weighted by molar-refractivity contribution is 0.103. The highest BCUT2D eigenvalue weighted by Crippen LogP contribution is 2.43. The van der Waals surface area contributed by atoms with Crippen LogP contribution < -0.4 is 4.74 Å². The number of hydrogen-bond acceptors (Lipinski definition) is 4. The molecule has 0 amide bonds. The number of ether oxygens (including phenoxy) is 2. The minimum Gasteiger partial charge on any atom is -0.507 e. The molecule has 0 aliphatic heterocycles. The zero-order valence-electron chi connectivity index (χ0n) is 21.1. The van der Waals surface area contributed by atoms with Crippen molar-refractivity contribution in [2.75, 3.05) is 6.61 Å². The largest absolute Gasteiger partial charge is 0.513 e. The fraction of sp³-hybridized carbons (Fsp3) is 0.567. The molecule has 184 valence electrons. The summed E-state index contributed by atoms with van der Waals surface area (Å²) in [5, 5.41) is 11.3. The molecule has 4 nitrogen and oxygen atoms in total. The van der Waals surface area contributed by atoms with Crippen molar-refractivity contribution in [3.8, 4) is 11.5 Å². The van der Waals surface area contributed by atoms with E-state index in [2.05, 4.69) is 38.1 Å². The summed E-state index contributed by atoms with van der Waals surface area (Å²) in [6.07, 6.45) is 11.8. The quantitative estimate of drug-likeness (QED) is 0.345. The normalized spacial score (nSPS) is 17.5. The van der Waals surface area contributed by atoms with Crippen molar-refractivity contribution in [3.63, 3.8) is 0 Å². The first-order valence-electron chi connectivity index (χ1n) is 13.3. The van der Waals surface area contributed by atoms with Gasteiger partial charge in [-0.1, -0.05) is 73.9 Å². The number of phenolic OH excluding ortho intramolecular Hbond substituents is 1. The lowest BCUT2D eigenvalue weighted by Gasteiger charge is -2.26. The topological polar surface area (TPSA) is 55.8 Å². The van der Waals surface area contributed by atoms with Crippen molar-refractivity contribution in [1.29, 1.82) is 0 Å². The molecule has 2 aromatic rings. The average Bonchev–Trinajstić information content (AvgIpc) is 2.84. The molecule has 0 aromatic heterocycles. The molecule has 0 spiro atoms. The average molecular weight is 465 g/mol. The van der Waals surface area contributed by atoms with Crippen LogP contribution in [-0.4, -0.2) is 17.9 Å². The van der Waals surface area contributed by atoms with Crippen molar-refractivity contribution < 1.29 is 19.4 Å². The Morgan fingerprint density at radius 2 is 1.35 bits per heavy atom. The maximum absolute atomic E-state index is 12.4. The Balaban J connectivity index is 1.74.